The lowest BCUT2D eigenvalue weighted by molar-refractivity contribution is -0.114. The Kier molecular flexibility index (Phi) is 7.06. The molecule has 9 heteroatoms. The Morgan fingerprint density at radius 2 is 2.11 bits per heavy atom. The summed E-state index contributed by atoms with van der Waals surface area (Å²) in [5, 5.41) is 14.8. The fraction of sp³-hybridized carbons (Fsp3) is 0.462. The number of rotatable bonds is 7. The highest BCUT2D eigenvalue weighted by Crippen LogP contribution is 2.32. The number of halogens is 2. The Balaban J connectivity index is 1.37. The maximum atomic E-state index is 11.8. The zero-order valence-electron chi connectivity index (χ0n) is 19.8. The Morgan fingerprint density at radius 3 is 2.83 bits per heavy atom. The van der Waals surface area contributed by atoms with Crippen molar-refractivity contribution in [3.8, 4) is 0 Å². The number of aliphatic hydroxyl groups excluding tert-OH is 1. The molecule has 3 aromatic rings. The molecule has 0 bridgehead atoms. The number of fused-ring (bicyclic) bond motifs is 1. The van der Waals surface area contributed by atoms with Gasteiger partial charge in [0.15, 0.2) is 0 Å². The summed E-state index contributed by atoms with van der Waals surface area (Å²) in [6, 6.07) is 11.8. The van der Waals surface area contributed by atoms with E-state index in [1.54, 1.807) is 6.07 Å². The average Bonchev–Trinajstić information content (AvgIpc) is 3.51. The van der Waals surface area contributed by atoms with E-state index in [9.17, 15) is 9.90 Å². The molecule has 2 aliphatic heterocycles. The number of carbonyl (C=O) groups excluding carboxylic acids is 1. The van der Waals surface area contributed by atoms with Crippen molar-refractivity contribution >= 4 is 46.2 Å². The van der Waals surface area contributed by atoms with Crippen molar-refractivity contribution in [2.45, 2.75) is 37.4 Å². The summed E-state index contributed by atoms with van der Waals surface area (Å²) < 4.78 is 2.13. The molecule has 186 valence electrons. The topological polar surface area (TPSA) is 73.6 Å². The molecule has 0 radical (unpaired) electrons. The largest absolute Gasteiger partial charge is 0.395 e. The molecule has 2 unspecified atom stereocenters. The van der Waals surface area contributed by atoms with Crippen molar-refractivity contribution in [3.05, 3.63) is 58.3 Å². The third-order valence-electron chi connectivity index (χ3n) is 7.56. The van der Waals surface area contributed by atoms with E-state index in [1.807, 2.05) is 24.5 Å². The molecule has 0 amide bonds. The van der Waals surface area contributed by atoms with Gasteiger partial charge in [0.1, 0.15) is 6.29 Å². The number of nitrogens with zero attached hydrogens (tertiary/aromatic N) is 4. The van der Waals surface area contributed by atoms with E-state index in [0.717, 1.165) is 61.0 Å². The van der Waals surface area contributed by atoms with Crippen LogP contribution in [0.2, 0.25) is 10.0 Å². The number of aldehydes is 1. The third-order valence-corrected chi connectivity index (χ3v) is 8.12. The van der Waals surface area contributed by atoms with Crippen molar-refractivity contribution < 1.29 is 9.90 Å². The molecule has 3 atom stereocenters. The number of benzene rings is 2. The van der Waals surface area contributed by atoms with Gasteiger partial charge in [-0.05, 0) is 62.2 Å². The summed E-state index contributed by atoms with van der Waals surface area (Å²) in [5.74, 6) is 0. The number of anilines is 1. The highest BCUT2D eigenvalue weighted by molar-refractivity contribution is 6.35. The minimum absolute atomic E-state index is 0.0134. The van der Waals surface area contributed by atoms with Crippen molar-refractivity contribution in [1.29, 1.82) is 0 Å². The molecular formula is C26H31Cl2N5O2. The zero-order valence-corrected chi connectivity index (χ0v) is 21.3. The molecule has 2 saturated heterocycles. The van der Waals surface area contributed by atoms with Crippen LogP contribution >= 0.6 is 23.2 Å². The molecule has 3 heterocycles. The van der Waals surface area contributed by atoms with Crippen molar-refractivity contribution in [2.75, 3.05) is 44.2 Å². The quantitative estimate of drug-likeness (QED) is 0.466. The normalized spacial score (nSPS) is 24.2. The van der Waals surface area contributed by atoms with E-state index in [2.05, 4.69) is 43.7 Å². The summed E-state index contributed by atoms with van der Waals surface area (Å²) in [6.07, 6.45) is 4.77. The first kappa shape index (κ1) is 24.5. The maximum absolute atomic E-state index is 11.8. The van der Waals surface area contributed by atoms with E-state index < -0.39 is 5.54 Å². The second kappa shape index (κ2) is 10.1. The molecule has 0 aliphatic carbocycles. The minimum atomic E-state index is -0.486. The number of aliphatic hydroxyl groups is 1. The lowest BCUT2D eigenvalue weighted by Gasteiger charge is -2.44. The van der Waals surface area contributed by atoms with Gasteiger partial charge in [-0.15, -0.1) is 0 Å². The van der Waals surface area contributed by atoms with Gasteiger partial charge in [-0.25, -0.2) is 4.98 Å². The number of piperazine rings is 1. The SMILES string of the molecule is CC(c1ccc(Cl)cc1Cl)n1cnc2ccc(N3CCN(CC4(C=O)CCCN4)[C@H](CO)C3)cc21. The first-order valence-corrected chi connectivity index (χ1v) is 12.9. The number of aromatic nitrogens is 2. The number of nitrogens with one attached hydrogen (secondary N) is 1. The van der Waals surface area contributed by atoms with E-state index in [1.165, 1.54) is 0 Å². The highest BCUT2D eigenvalue weighted by atomic mass is 35.5. The Labute approximate surface area is 215 Å². The Bertz CT molecular complexity index is 1210. The standard InChI is InChI=1S/C26H31Cl2N5O2/c1-18(22-5-3-19(27)11-23(22)28)33-17-29-24-6-4-20(12-25(24)33)31-9-10-32(21(13-31)14-34)15-26(16-35)7-2-8-30-26/h3-6,11-12,16-18,21,30,34H,2,7-10,13-15H2,1H3/t18?,21-,26?/m0/s1. The number of carbonyl (C=O) groups is 1. The van der Waals surface area contributed by atoms with E-state index >= 15 is 0 Å². The lowest BCUT2D eigenvalue weighted by atomic mass is 9.97. The van der Waals surface area contributed by atoms with Gasteiger partial charge in [0.2, 0.25) is 0 Å². The van der Waals surface area contributed by atoms with Crippen LogP contribution in [-0.2, 0) is 4.79 Å². The third kappa shape index (κ3) is 4.80. The molecular weight excluding hydrogens is 485 g/mol. The van der Waals surface area contributed by atoms with Gasteiger partial charge in [0, 0.05) is 41.9 Å². The summed E-state index contributed by atoms with van der Waals surface area (Å²) in [6.45, 7) is 5.97. The van der Waals surface area contributed by atoms with Crippen LogP contribution in [0.15, 0.2) is 42.7 Å². The van der Waals surface area contributed by atoms with Gasteiger partial charge in [-0.2, -0.15) is 0 Å². The average molecular weight is 516 g/mol. The first-order chi connectivity index (χ1) is 16.9. The predicted octanol–water partition coefficient (Wildman–Crippen LogP) is 3.76. The zero-order chi connectivity index (χ0) is 24.6. The molecule has 7 nitrogen and oxygen atoms in total. The monoisotopic (exact) mass is 515 g/mol. The Hall–Kier alpha value is -2.16. The second-order valence-electron chi connectivity index (χ2n) is 9.72. The van der Waals surface area contributed by atoms with Crippen molar-refractivity contribution in [1.82, 2.24) is 19.8 Å². The number of imidazole rings is 1. The van der Waals surface area contributed by atoms with Crippen molar-refractivity contribution in [3.63, 3.8) is 0 Å². The van der Waals surface area contributed by atoms with Crippen LogP contribution in [-0.4, -0.2) is 76.8 Å². The summed E-state index contributed by atoms with van der Waals surface area (Å²) in [7, 11) is 0. The van der Waals surface area contributed by atoms with Crippen molar-refractivity contribution in [2.24, 2.45) is 0 Å². The summed E-state index contributed by atoms with van der Waals surface area (Å²) in [4.78, 5) is 21.0. The minimum Gasteiger partial charge on any atom is -0.395 e. The second-order valence-corrected chi connectivity index (χ2v) is 10.6. The van der Waals surface area contributed by atoms with Crippen LogP contribution < -0.4 is 10.2 Å². The van der Waals surface area contributed by atoms with Crippen LogP contribution in [0.3, 0.4) is 0 Å². The molecule has 2 aliphatic rings. The van der Waals surface area contributed by atoms with Gasteiger partial charge >= 0.3 is 0 Å². The first-order valence-electron chi connectivity index (χ1n) is 12.2. The molecule has 2 aromatic carbocycles. The molecule has 0 saturated carbocycles. The summed E-state index contributed by atoms with van der Waals surface area (Å²) >= 11 is 12.6. The fourth-order valence-corrected chi connectivity index (χ4v) is 6.05. The smallest absolute Gasteiger partial charge is 0.141 e. The molecule has 2 N–H and O–H groups in total. The molecule has 0 spiro atoms. The van der Waals surface area contributed by atoms with Gasteiger partial charge < -0.3 is 24.7 Å². The molecule has 1 aromatic heterocycles. The van der Waals surface area contributed by atoms with Gasteiger partial charge in [-0.1, -0.05) is 29.3 Å². The highest BCUT2D eigenvalue weighted by Gasteiger charge is 2.38. The van der Waals surface area contributed by atoms with E-state index in [0.29, 0.717) is 23.1 Å². The van der Waals surface area contributed by atoms with Gasteiger partial charge in [0.25, 0.3) is 0 Å². The fourth-order valence-electron chi connectivity index (χ4n) is 5.48. The predicted molar refractivity (Wildman–Crippen MR) is 141 cm³/mol. The molecule has 35 heavy (non-hydrogen) atoms. The van der Waals surface area contributed by atoms with Crippen LogP contribution in [0.1, 0.15) is 31.4 Å². The van der Waals surface area contributed by atoms with Crippen LogP contribution in [0, 0.1) is 0 Å². The molecule has 5 rings (SSSR count). The van der Waals surface area contributed by atoms with E-state index in [4.69, 9.17) is 23.2 Å². The summed E-state index contributed by atoms with van der Waals surface area (Å²) in [5.41, 5.74) is 3.54. The van der Waals surface area contributed by atoms with E-state index in [-0.39, 0.29) is 18.7 Å². The van der Waals surface area contributed by atoms with Gasteiger partial charge in [0.05, 0.1) is 41.6 Å². The van der Waals surface area contributed by atoms with Crippen LogP contribution in [0.25, 0.3) is 11.0 Å². The number of hydrogen-bond donors (Lipinski definition) is 2. The van der Waals surface area contributed by atoms with Gasteiger partial charge in [-0.3, -0.25) is 4.90 Å². The maximum Gasteiger partial charge on any atom is 0.141 e. The molecule has 2 fully saturated rings. The van der Waals surface area contributed by atoms with Crippen LogP contribution in [0.4, 0.5) is 5.69 Å². The number of hydrogen-bond acceptors (Lipinski definition) is 6. The van der Waals surface area contributed by atoms with Crippen LogP contribution in [0.5, 0.6) is 0 Å². The lowest BCUT2D eigenvalue weighted by Crippen LogP contribution is -2.61. The Morgan fingerprint density at radius 1 is 1.26 bits per heavy atom.